The number of hydrogen-bond acceptors (Lipinski definition) is 4. The van der Waals surface area contributed by atoms with Gasteiger partial charge in [0.05, 0.1) is 5.39 Å². The molecule has 2 unspecified atom stereocenters. The molecule has 0 amide bonds. The van der Waals surface area contributed by atoms with Crippen LogP contribution in [-0.4, -0.2) is 45.0 Å². The van der Waals surface area contributed by atoms with E-state index in [-0.39, 0.29) is 0 Å². The van der Waals surface area contributed by atoms with E-state index in [9.17, 15) is 0 Å². The number of H-pyrrole nitrogens is 1. The highest BCUT2D eigenvalue weighted by atomic mass is 15.2. The Labute approximate surface area is 125 Å². The standard InChI is InChI=1S/C16H23N5/c1-2-11-9-17-15-14(11)16(19-10-18-15)20-12-6-8-21-7-4-3-5-13(12)21/h9-10,12-13H,2-8H2,1H3,(H2,17,18,19,20). The van der Waals surface area contributed by atoms with E-state index in [0.717, 1.165) is 17.9 Å². The van der Waals surface area contributed by atoms with E-state index in [0.29, 0.717) is 12.1 Å². The summed E-state index contributed by atoms with van der Waals surface area (Å²) < 4.78 is 0. The lowest BCUT2D eigenvalue weighted by molar-refractivity contribution is 0.192. The molecule has 0 aromatic carbocycles. The Morgan fingerprint density at radius 2 is 2.24 bits per heavy atom. The number of aryl methyl sites for hydroxylation is 1. The summed E-state index contributed by atoms with van der Waals surface area (Å²) in [5.74, 6) is 1.01. The van der Waals surface area contributed by atoms with Crippen molar-refractivity contribution in [2.24, 2.45) is 0 Å². The summed E-state index contributed by atoms with van der Waals surface area (Å²) in [6.45, 7) is 4.68. The quantitative estimate of drug-likeness (QED) is 0.910. The van der Waals surface area contributed by atoms with Crippen LogP contribution in [0.2, 0.25) is 0 Å². The van der Waals surface area contributed by atoms with Gasteiger partial charge in [-0.15, -0.1) is 0 Å². The van der Waals surface area contributed by atoms with Crippen LogP contribution in [0.25, 0.3) is 11.0 Å². The van der Waals surface area contributed by atoms with Crippen LogP contribution in [0.1, 0.15) is 38.2 Å². The first-order valence-corrected chi connectivity index (χ1v) is 8.18. The third-order valence-electron chi connectivity index (χ3n) is 5.11. The fourth-order valence-corrected chi connectivity index (χ4v) is 4.01. The summed E-state index contributed by atoms with van der Waals surface area (Å²) in [5.41, 5.74) is 2.24. The molecule has 112 valence electrons. The first kappa shape index (κ1) is 13.1. The molecule has 21 heavy (non-hydrogen) atoms. The van der Waals surface area contributed by atoms with Gasteiger partial charge < -0.3 is 10.3 Å². The summed E-state index contributed by atoms with van der Waals surface area (Å²) in [7, 11) is 0. The van der Waals surface area contributed by atoms with E-state index in [2.05, 4.69) is 38.3 Å². The number of rotatable bonds is 3. The minimum atomic E-state index is 0.531. The third-order valence-corrected chi connectivity index (χ3v) is 5.11. The van der Waals surface area contributed by atoms with Gasteiger partial charge in [-0.3, -0.25) is 4.90 Å². The molecule has 2 aliphatic rings. The van der Waals surface area contributed by atoms with Crippen molar-refractivity contribution in [2.45, 2.75) is 51.1 Å². The monoisotopic (exact) mass is 285 g/mol. The Kier molecular flexibility index (Phi) is 3.30. The molecule has 2 aliphatic heterocycles. The number of fused-ring (bicyclic) bond motifs is 2. The van der Waals surface area contributed by atoms with Crippen LogP contribution in [0, 0.1) is 0 Å². The van der Waals surface area contributed by atoms with Crippen LogP contribution >= 0.6 is 0 Å². The summed E-state index contributed by atoms with van der Waals surface area (Å²) in [5, 5.41) is 4.91. The van der Waals surface area contributed by atoms with Gasteiger partial charge in [-0.1, -0.05) is 13.3 Å². The van der Waals surface area contributed by atoms with Gasteiger partial charge in [0, 0.05) is 24.8 Å². The second-order valence-electron chi connectivity index (χ2n) is 6.25. The SMILES string of the molecule is CCc1c[nH]c2ncnc(NC3CCN4CCCCC34)c12. The summed E-state index contributed by atoms with van der Waals surface area (Å²) in [6.07, 6.45) is 9.99. The van der Waals surface area contributed by atoms with Crippen molar-refractivity contribution in [3.63, 3.8) is 0 Å². The molecule has 5 nitrogen and oxygen atoms in total. The lowest BCUT2D eigenvalue weighted by Crippen LogP contribution is -2.41. The largest absolute Gasteiger partial charge is 0.365 e. The normalized spacial score (nSPS) is 26.1. The van der Waals surface area contributed by atoms with E-state index in [1.807, 2.05) is 0 Å². The van der Waals surface area contributed by atoms with E-state index >= 15 is 0 Å². The predicted molar refractivity (Wildman–Crippen MR) is 84.5 cm³/mol. The van der Waals surface area contributed by atoms with Gasteiger partial charge in [-0.25, -0.2) is 9.97 Å². The van der Waals surface area contributed by atoms with E-state index in [1.165, 1.54) is 49.7 Å². The molecule has 4 heterocycles. The maximum Gasteiger partial charge on any atom is 0.143 e. The van der Waals surface area contributed by atoms with Crippen molar-refractivity contribution in [3.05, 3.63) is 18.1 Å². The molecule has 0 radical (unpaired) electrons. The van der Waals surface area contributed by atoms with Crippen molar-refractivity contribution < 1.29 is 0 Å². The lowest BCUT2D eigenvalue weighted by Gasteiger charge is -2.32. The smallest absolute Gasteiger partial charge is 0.143 e. The number of nitrogens with zero attached hydrogens (tertiary/aromatic N) is 3. The molecule has 0 bridgehead atoms. The molecule has 2 atom stereocenters. The van der Waals surface area contributed by atoms with Gasteiger partial charge in [-0.2, -0.15) is 0 Å². The van der Waals surface area contributed by atoms with Crippen LogP contribution in [-0.2, 0) is 6.42 Å². The number of aromatic amines is 1. The zero-order valence-corrected chi connectivity index (χ0v) is 12.6. The molecule has 5 heteroatoms. The Morgan fingerprint density at radius 3 is 3.14 bits per heavy atom. The van der Waals surface area contributed by atoms with Crippen molar-refractivity contribution >= 4 is 16.9 Å². The summed E-state index contributed by atoms with van der Waals surface area (Å²) in [4.78, 5) is 14.8. The Morgan fingerprint density at radius 1 is 1.29 bits per heavy atom. The Bertz CT molecular complexity index is 635. The highest BCUT2D eigenvalue weighted by molar-refractivity contribution is 5.90. The number of aromatic nitrogens is 3. The molecule has 0 aliphatic carbocycles. The van der Waals surface area contributed by atoms with Crippen LogP contribution in [0.3, 0.4) is 0 Å². The minimum Gasteiger partial charge on any atom is -0.365 e. The summed E-state index contributed by atoms with van der Waals surface area (Å²) >= 11 is 0. The van der Waals surface area contributed by atoms with Gasteiger partial charge in [0.2, 0.25) is 0 Å². The molecule has 0 spiro atoms. The van der Waals surface area contributed by atoms with Gasteiger partial charge in [-0.05, 0) is 37.8 Å². The molecule has 4 rings (SSSR count). The highest BCUT2D eigenvalue weighted by Gasteiger charge is 2.35. The van der Waals surface area contributed by atoms with Gasteiger partial charge in [0.15, 0.2) is 0 Å². The predicted octanol–water partition coefficient (Wildman–Crippen LogP) is 2.56. The molecule has 2 aromatic rings. The summed E-state index contributed by atoms with van der Waals surface area (Å²) in [6, 6.07) is 1.22. The second-order valence-corrected chi connectivity index (χ2v) is 6.25. The number of hydrogen-bond donors (Lipinski definition) is 2. The zero-order chi connectivity index (χ0) is 14.2. The lowest BCUT2D eigenvalue weighted by atomic mass is 9.99. The van der Waals surface area contributed by atoms with Gasteiger partial charge >= 0.3 is 0 Å². The number of piperidine rings is 1. The molecular weight excluding hydrogens is 262 g/mol. The molecule has 2 saturated heterocycles. The Balaban J connectivity index is 1.63. The van der Waals surface area contributed by atoms with Crippen LogP contribution in [0.4, 0.5) is 5.82 Å². The highest BCUT2D eigenvalue weighted by Crippen LogP contribution is 2.31. The molecule has 2 aromatic heterocycles. The fourth-order valence-electron chi connectivity index (χ4n) is 4.01. The molecule has 2 N–H and O–H groups in total. The van der Waals surface area contributed by atoms with Gasteiger partial charge in [0.1, 0.15) is 17.8 Å². The molecule has 2 fully saturated rings. The topological polar surface area (TPSA) is 56.8 Å². The van der Waals surface area contributed by atoms with E-state index < -0.39 is 0 Å². The number of nitrogens with one attached hydrogen (secondary N) is 2. The van der Waals surface area contributed by atoms with Crippen molar-refractivity contribution in [2.75, 3.05) is 18.4 Å². The van der Waals surface area contributed by atoms with Crippen LogP contribution in [0.15, 0.2) is 12.5 Å². The van der Waals surface area contributed by atoms with Crippen molar-refractivity contribution in [1.29, 1.82) is 0 Å². The van der Waals surface area contributed by atoms with Crippen LogP contribution in [0.5, 0.6) is 0 Å². The minimum absolute atomic E-state index is 0.531. The van der Waals surface area contributed by atoms with E-state index in [4.69, 9.17) is 0 Å². The molecule has 0 saturated carbocycles. The first-order valence-electron chi connectivity index (χ1n) is 8.18. The first-order chi connectivity index (χ1) is 10.4. The maximum absolute atomic E-state index is 4.53. The molecular formula is C16H23N5. The van der Waals surface area contributed by atoms with Crippen LogP contribution < -0.4 is 5.32 Å². The van der Waals surface area contributed by atoms with Crippen molar-refractivity contribution in [1.82, 2.24) is 19.9 Å². The average molecular weight is 285 g/mol. The van der Waals surface area contributed by atoms with Gasteiger partial charge in [0.25, 0.3) is 0 Å². The zero-order valence-electron chi connectivity index (χ0n) is 12.6. The Hall–Kier alpha value is -1.62. The number of anilines is 1. The van der Waals surface area contributed by atoms with E-state index in [1.54, 1.807) is 6.33 Å². The second kappa shape index (κ2) is 5.30. The van der Waals surface area contributed by atoms with Crippen molar-refractivity contribution in [3.8, 4) is 0 Å². The average Bonchev–Trinajstić information content (AvgIpc) is 3.12. The maximum atomic E-state index is 4.53. The fraction of sp³-hybridized carbons (Fsp3) is 0.625. The third kappa shape index (κ3) is 2.20.